The molecule has 0 aliphatic rings. The highest BCUT2D eigenvalue weighted by atomic mass is 32.2. The van der Waals surface area contributed by atoms with Crippen molar-refractivity contribution >= 4 is 21.9 Å². The van der Waals surface area contributed by atoms with Crippen molar-refractivity contribution < 1.29 is 8.76 Å². The summed E-state index contributed by atoms with van der Waals surface area (Å²) in [5, 5.41) is 2.06. The molecule has 3 rings (SSSR count). The molecule has 19 heavy (non-hydrogen) atoms. The topological polar surface area (TPSA) is 37.3 Å². The van der Waals surface area contributed by atoms with Crippen molar-refractivity contribution in [2.45, 2.75) is 4.90 Å². The van der Waals surface area contributed by atoms with Gasteiger partial charge in [0.25, 0.3) is 0 Å². The van der Waals surface area contributed by atoms with Crippen LogP contribution in [0.3, 0.4) is 0 Å². The van der Waals surface area contributed by atoms with Crippen LogP contribution in [-0.2, 0) is 11.1 Å². The van der Waals surface area contributed by atoms with E-state index in [1.54, 1.807) is 12.1 Å². The van der Waals surface area contributed by atoms with Gasteiger partial charge in [-0.15, -0.1) is 0 Å². The van der Waals surface area contributed by atoms with Crippen LogP contribution in [0, 0.1) is 0 Å². The first-order chi connectivity index (χ1) is 9.25. The molecule has 2 nitrogen and oxygen atoms in total. The van der Waals surface area contributed by atoms with Crippen molar-refractivity contribution in [3.8, 4) is 11.1 Å². The summed E-state index contributed by atoms with van der Waals surface area (Å²) in [4.78, 5) is 0.427. The average Bonchev–Trinajstić information content (AvgIpc) is 2.47. The molecule has 3 aromatic carbocycles. The number of hydrogen-bond acceptors (Lipinski definition) is 1. The van der Waals surface area contributed by atoms with Gasteiger partial charge in [-0.2, -0.15) is 0 Å². The van der Waals surface area contributed by atoms with Gasteiger partial charge in [0, 0.05) is 0 Å². The fraction of sp³-hybridized carbons (Fsp3) is 0. The maximum Gasteiger partial charge on any atom is 0.186 e. The van der Waals surface area contributed by atoms with Crippen molar-refractivity contribution in [1.82, 2.24) is 0 Å². The lowest BCUT2D eigenvalue weighted by Gasteiger charge is -2.07. The highest BCUT2D eigenvalue weighted by molar-refractivity contribution is 7.79. The minimum Gasteiger partial charge on any atom is -0.302 e. The van der Waals surface area contributed by atoms with Crippen LogP contribution in [0.2, 0.25) is 0 Å². The predicted octanol–water partition coefficient (Wildman–Crippen LogP) is 4.09. The molecule has 0 fully saturated rings. The van der Waals surface area contributed by atoms with Crippen LogP contribution in [0.25, 0.3) is 21.9 Å². The molecule has 0 aliphatic carbocycles. The fourth-order valence-electron chi connectivity index (χ4n) is 2.23. The van der Waals surface area contributed by atoms with Crippen molar-refractivity contribution in [3.63, 3.8) is 0 Å². The molecule has 1 atom stereocenters. The van der Waals surface area contributed by atoms with E-state index >= 15 is 0 Å². The van der Waals surface area contributed by atoms with Crippen molar-refractivity contribution in [2.24, 2.45) is 0 Å². The largest absolute Gasteiger partial charge is 0.302 e. The molecule has 0 bridgehead atoms. The average molecular weight is 268 g/mol. The van der Waals surface area contributed by atoms with Gasteiger partial charge in [-0.25, -0.2) is 4.21 Å². The van der Waals surface area contributed by atoms with Gasteiger partial charge in [-0.05, 0) is 34.0 Å². The Kier molecular flexibility index (Phi) is 3.15. The number of hydrogen-bond donors (Lipinski definition) is 1. The lowest BCUT2D eigenvalue weighted by atomic mass is 9.98. The number of fused-ring (bicyclic) bond motifs is 1. The van der Waals surface area contributed by atoms with Crippen LogP contribution in [0.5, 0.6) is 0 Å². The first-order valence-corrected chi connectivity index (χ1v) is 7.05. The molecule has 3 aromatic rings. The standard InChI is InChI=1S/C16H12O2S/c17-19(18)14-10-9-13-7-4-8-15(16(13)11-14)12-5-2-1-3-6-12/h1-11H,(H,17,18). The zero-order valence-electron chi connectivity index (χ0n) is 10.1. The summed E-state index contributed by atoms with van der Waals surface area (Å²) in [7, 11) is 0. The zero-order chi connectivity index (χ0) is 13.2. The first-order valence-electron chi connectivity index (χ1n) is 5.95. The third-order valence-electron chi connectivity index (χ3n) is 3.14. The lowest BCUT2D eigenvalue weighted by molar-refractivity contribution is 0.564. The quantitative estimate of drug-likeness (QED) is 0.711. The van der Waals surface area contributed by atoms with Gasteiger partial charge in [0.1, 0.15) is 0 Å². The maximum absolute atomic E-state index is 11.2. The van der Waals surface area contributed by atoms with Crippen molar-refractivity contribution in [3.05, 3.63) is 66.7 Å². The van der Waals surface area contributed by atoms with E-state index in [2.05, 4.69) is 0 Å². The Labute approximate surface area is 114 Å². The van der Waals surface area contributed by atoms with Gasteiger partial charge in [0.2, 0.25) is 0 Å². The highest BCUT2D eigenvalue weighted by Crippen LogP contribution is 2.29. The molecule has 3 heteroatoms. The Balaban J connectivity index is 2.30. The SMILES string of the molecule is O=S(O)c1ccc2cccc(-c3ccccc3)c2c1. The zero-order valence-corrected chi connectivity index (χ0v) is 10.9. The van der Waals surface area contributed by atoms with Crippen molar-refractivity contribution in [2.75, 3.05) is 0 Å². The second-order valence-electron chi connectivity index (χ2n) is 4.30. The summed E-state index contributed by atoms with van der Waals surface area (Å²) in [5.74, 6) is 0. The Morgan fingerprint density at radius 2 is 1.63 bits per heavy atom. The molecular formula is C16H12O2S. The summed E-state index contributed by atoms with van der Waals surface area (Å²) in [6.07, 6.45) is 0. The Hall–Kier alpha value is -1.97. The monoisotopic (exact) mass is 268 g/mol. The lowest BCUT2D eigenvalue weighted by Crippen LogP contribution is -1.89. The molecule has 0 aromatic heterocycles. The van der Waals surface area contributed by atoms with Crippen LogP contribution in [0.15, 0.2) is 71.6 Å². The Bertz CT molecular complexity index is 751. The van der Waals surface area contributed by atoms with Gasteiger partial charge < -0.3 is 4.55 Å². The molecule has 0 radical (unpaired) electrons. The van der Waals surface area contributed by atoms with Crippen molar-refractivity contribution in [1.29, 1.82) is 0 Å². The summed E-state index contributed by atoms with van der Waals surface area (Å²) in [5.41, 5.74) is 2.18. The van der Waals surface area contributed by atoms with Crippen LogP contribution < -0.4 is 0 Å². The minimum atomic E-state index is -1.95. The maximum atomic E-state index is 11.2. The number of benzene rings is 3. The molecule has 0 aliphatic heterocycles. The molecule has 94 valence electrons. The second-order valence-corrected chi connectivity index (χ2v) is 5.27. The van der Waals surface area contributed by atoms with Gasteiger partial charge in [0.05, 0.1) is 4.90 Å². The second kappa shape index (κ2) is 4.96. The molecule has 1 unspecified atom stereocenters. The van der Waals surface area contributed by atoms with E-state index in [0.29, 0.717) is 4.90 Å². The molecule has 0 spiro atoms. The minimum absolute atomic E-state index is 0.427. The fourth-order valence-corrected chi connectivity index (χ4v) is 2.63. The molecule has 0 amide bonds. The van der Waals surface area contributed by atoms with Crippen LogP contribution in [0.1, 0.15) is 0 Å². The molecule has 0 saturated carbocycles. The number of rotatable bonds is 2. The normalized spacial score (nSPS) is 12.5. The van der Waals surface area contributed by atoms with E-state index in [0.717, 1.165) is 21.9 Å². The van der Waals surface area contributed by atoms with E-state index in [1.807, 2.05) is 54.6 Å². The van der Waals surface area contributed by atoms with E-state index in [-0.39, 0.29) is 0 Å². The van der Waals surface area contributed by atoms with E-state index in [1.165, 1.54) is 0 Å². The van der Waals surface area contributed by atoms with Crippen LogP contribution in [-0.4, -0.2) is 8.76 Å². The summed E-state index contributed by atoms with van der Waals surface area (Å²) >= 11 is -1.95. The van der Waals surface area contributed by atoms with Crippen LogP contribution >= 0.6 is 0 Å². The Morgan fingerprint density at radius 1 is 0.842 bits per heavy atom. The van der Waals surface area contributed by atoms with E-state index < -0.39 is 11.1 Å². The smallest absolute Gasteiger partial charge is 0.186 e. The summed E-state index contributed by atoms with van der Waals surface area (Å²) < 4.78 is 20.4. The van der Waals surface area contributed by atoms with Gasteiger partial charge in [0.15, 0.2) is 11.1 Å². The van der Waals surface area contributed by atoms with Gasteiger partial charge in [-0.1, -0.05) is 54.6 Å². The molecule has 0 heterocycles. The van der Waals surface area contributed by atoms with Gasteiger partial charge in [-0.3, -0.25) is 0 Å². The van der Waals surface area contributed by atoms with E-state index in [9.17, 15) is 8.76 Å². The molecule has 0 saturated heterocycles. The molecule has 1 N–H and O–H groups in total. The molecular weight excluding hydrogens is 256 g/mol. The predicted molar refractivity (Wildman–Crippen MR) is 78.4 cm³/mol. The van der Waals surface area contributed by atoms with E-state index in [4.69, 9.17) is 0 Å². The van der Waals surface area contributed by atoms with Gasteiger partial charge >= 0.3 is 0 Å². The first kappa shape index (κ1) is 12.1. The summed E-state index contributed by atoms with van der Waals surface area (Å²) in [6, 6.07) is 21.4. The Morgan fingerprint density at radius 3 is 2.37 bits per heavy atom. The third-order valence-corrected chi connectivity index (χ3v) is 3.80. The highest BCUT2D eigenvalue weighted by Gasteiger charge is 2.06. The third kappa shape index (κ3) is 2.30. The summed E-state index contributed by atoms with van der Waals surface area (Å²) in [6.45, 7) is 0. The van der Waals surface area contributed by atoms with Crippen LogP contribution in [0.4, 0.5) is 0 Å².